The molecule has 0 saturated heterocycles. The van der Waals surface area contributed by atoms with Crippen molar-refractivity contribution in [1.29, 1.82) is 0 Å². The first-order valence-electron chi connectivity index (χ1n) is 7.23. The zero-order chi connectivity index (χ0) is 15.0. The summed E-state index contributed by atoms with van der Waals surface area (Å²) < 4.78 is 14.0. The summed E-state index contributed by atoms with van der Waals surface area (Å²) in [5.74, 6) is 0.393. The fourth-order valence-electron chi connectivity index (χ4n) is 2.24. The molecule has 0 amide bonds. The third-order valence-corrected chi connectivity index (χ3v) is 5.28. The molecule has 2 nitrogen and oxygen atoms in total. The van der Waals surface area contributed by atoms with Crippen molar-refractivity contribution >= 4 is 27.3 Å². The molecule has 1 fully saturated rings. The maximum Gasteiger partial charge on any atom is 0.125 e. The average Bonchev–Trinajstić information content (AvgIpc) is 3.17. The van der Waals surface area contributed by atoms with Gasteiger partial charge in [-0.1, -0.05) is 13.8 Å². The lowest BCUT2D eigenvalue weighted by Crippen LogP contribution is -2.21. The number of nitrogens with one attached hydrogen (secondary N) is 1. The van der Waals surface area contributed by atoms with E-state index in [-0.39, 0.29) is 5.82 Å². The lowest BCUT2D eigenvalue weighted by molar-refractivity contribution is 0.590. The second kappa shape index (κ2) is 6.15. The highest BCUT2D eigenvalue weighted by Crippen LogP contribution is 2.45. The van der Waals surface area contributed by atoms with Gasteiger partial charge < -0.3 is 5.32 Å². The van der Waals surface area contributed by atoms with Crippen LogP contribution < -0.4 is 5.32 Å². The van der Waals surface area contributed by atoms with E-state index in [2.05, 4.69) is 35.1 Å². The SMILES string of the molecule is CC(C)NCc1sc(-c2ccc(F)cc2Br)nc1C1CC1. The Morgan fingerprint density at radius 1 is 1.43 bits per heavy atom. The Bertz CT molecular complexity index is 650. The van der Waals surface area contributed by atoms with Crippen LogP contribution in [0, 0.1) is 5.82 Å². The standard InChI is InChI=1S/C16H18BrFN2S/c1-9(2)19-8-14-15(10-3-4-10)20-16(21-14)12-6-5-11(18)7-13(12)17/h5-7,9-10,19H,3-4,8H2,1-2H3. The summed E-state index contributed by atoms with van der Waals surface area (Å²) in [6.07, 6.45) is 2.48. The highest BCUT2D eigenvalue weighted by molar-refractivity contribution is 9.10. The van der Waals surface area contributed by atoms with Gasteiger partial charge in [0.2, 0.25) is 0 Å². The number of nitrogens with zero attached hydrogens (tertiary/aromatic N) is 1. The molecule has 0 unspecified atom stereocenters. The Balaban J connectivity index is 1.93. The molecule has 0 bridgehead atoms. The van der Waals surface area contributed by atoms with Crippen molar-refractivity contribution in [3.8, 4) is 10.6 Å². The number of halogens is 2. The molecule has 1 aliphatic carbocycles. The Morgan fingerprint density at radius 3 is 2.81 bits per heavy atom. The van der Waals surface area contributed by atoms with Crippen molar-refractivity contribution in [2.45, 2.75) is 45.2 Å². The molecule has 1 heterocycles. The minimum atomic E-state index is -0.230. The van der Waals surface area contributed by atoms with Crippen LogP contribution in [0.15, 0.2) is 22.7 Å². The van der Waals surface area contributed by atoms with Crippen LogP contribution in [0.4, 0.5) is 4.39 Å². The zero-order valence-electron chi connectivity index (χ0n) is 12.1. The molecule has 1 aromatic carbocycles. The van der Waals surface area contributed by atoms with Crippen LogP contribution in [0.2, 0.25) is 0 Å². The average molecular weight is 369 g/mol. The summed E-state index contributed by atoms with van der Waals surface area (Å²) in [5.41, 5.74) is 2.21. The van der Waals surface area contributed by atoms with Gasteiger partial charge in [-0.15, -0.1) is 11.3 Å². The van der Waals surface area contributed by atoms with Crippen LogP contribution in [0.5, 0.6) is 0 Å². The third kappa shape index (κ3) is 3.52. The quantitative estimate of drug-likeness (QED) is 0.794. The number of aromatic nitrogens is 1. The molecule has 5 heteroatoms. The van der Waals surface area contributed by atoms with E-state index in [1.807, 2.05) is 0 Å². The summed E-state index contributed by atoms with van der Waals surface area (Å²) in [7, 11) is 0. The topological polar surface area (TPSA) is 24.9 Å². The van der Waals surface area contributed by atoms with Gasteiger partial charge in [-0.3, -0.25) is 0 Å². The highest BCUT2D eigenvalue weighted by Gasteiger charge is 2.30. The molecule has 1 aromatic heterocycles. The van der Waals surface area contributed by atoms with Crippen molar-refractivity contribution in [2.75, 3.05) is 0 Å². The van der Waals surface area contributed by atoms with Crippen LogP contribution >= 0.6 is 27.3 Å². The number of thiazole rings is 1. The van der Waals surface area contributed by atoms with Crippen molar-refractivity contribution in [1.82, 2.24) is 10.3 Å². The Labute approximate surface area is 136 Å². The summed E-state index contributed by atoms with van der Waals surface area (Å²) in [6, 6.07) is 5.25. The fourth-order valence-corrected chi connectivity index (χ4v) is 4.05. The Hall–Kier alpha value is -0.780. The molecule has 21 heavy (non-hydrogen) atoms. The summed E-state index contributed by atoms with van der Waals surface area (Å²) in [6.45, 7) is 5.16. The second-order valence-electron chi connectivity index (χ2n) is 5.76. The lowest BCUT2D eigenvalue weighted by atomic mass is 10.2. The molecule has 0 radical (unpaired) electrons. The maximum absolute atomic E-state index is 13.2. The number of rotatable bonds is 5. The molecule has 0 spiro atoms. The van der Waals surface area contributed by atoms with Gasteiger partial charge in [0.25, 0.3) is 0 Å². The normalized spacial score (nSPS) is 14.9. The van der Waals surface area contributed by atoms with Gasteiger partial charge in [0.05, 0.1) is 5.69 Å². The molecular weight excluding hydrogens is 351 g/mol. The molecule has 2 aromatic rings. The Kier molecular flexibility index (Phi) is 4.43. The van der Waals surface area contributed by atoms with Crippen LogP contribution in [0.1, 0.15) is 43.2 Å². The predicted octanol–water partition coefficient (Wildman–Crippen LogP) is 5.09. The smallest absolute Gasteiger partial charge is 0.125 e. The van der Waals surface area contributed by atoms with Crippen LogP contribution in [0.25, 0.3) is 10.6 Å². The minimum Gasteiger partial charge on any atom is -0.310 e. The van der Waals surface area contributed by atoms with Gasteiger partial charge in [-0.2, -0.15) is 0 Å². The molecule has 3 rings (SSSR count). The van der Waals surface area contributed by atoms with Gasteiger partial charge in [0, 0.05) is 33.4 Å². The van der Waals surface area contributed by atoms with E-state index in [0.29, 0.717) is 12.0 Å². The predicted molar refractivity (Wildman–Crippen MR) is 89.2 cm³/mol. The zero-order valence-corrected chi connectivity index (χ0v) is 14.5. The monoisotopic (exact) mass is 368 g/mol. The molecule has 1 saturated carbocycles. The van der Waals surface area contributed by atoms with Gasteiger partial charge in [-0.25, -0.2) is 9.37 Å². The summed E-state index contributed by atoms with van der Waals surface area (Å²) >= 11 is 5.16. The second-order valence-corrected chi connectivity index (χ2v) is 7.70. The molecule has 0 aliphatic heterocycles. The van der Waals surface area contributed by atoms with E-state index in [1.165, 1.54) is 35.5 Å². The van der Waals surface area contributed by atoms with Crippen LogP contribution in [0.3, 0.4) is 0 Å². The largest absolute Gasteiger partial charge is 0.310 e. The third-order valence-electron chi connectivity index (χ3n) is 3.52. The van der Waals surface area contributed by atoms with E-state index in [4.69, 9.17) is 4.98 Å². The number of hydrogen-bond acceptors (Lipinski definition) is 3. The van der Waals surface area contributed by atoms with Crippen molar-refractivity contribution in [2.24, 2.45) is 0 Å². The number of hydrogen-bond donors (Lipinski definition) is 1. The van der Waals surface area contributed by atoms with Crippen LogP contribution in [-0.2, 0) is 6.54 Å². The van der Waals surface area contributed by atoms with E-state index >= 15 is 0 Å². The van der Waals surface area contributed by atoms with Gasteiger partial charge >= 0.3 is 0 Å². The number of benzene rings is 1. The molecule has 1 aliphatic rings. The fraction of sp³-hybridized carbons (Fsp3) is 0.438. The lowest BCUT2D eigenvalue weighted by Gasteiger charge is -2.07. The summed E-state index contributed by atoms with van der Waals surface area (Å²) in [4.78, 5) is 6.15. The minimum absolute atomic E-state index is 0.230. The van der Waals surface area contributed by atoms with Gasteiger partial charge in [-0.05, 0) is 47.0 Å². The molecular formula is C16H18BrFN2S. The highest BCUT2D eigenvalue weighted by atomic mass is 79.9. The first-order valence-corrected chi connectivity index (χ1v) is 8.84. The van der Waals surface area contributed by atoms with Crippen LogP contribution in [-0.4, -0.2) is 11.0 Å². The van der Waals surface area contributed by atoms with Gasteiger partial charge in [0.1, 0.15) is 10.8 Å². The maximum atomic E-state index is 13.2. The molecule has 1 N–H and O–H groups in total. The Morgan fingerprint density at radius 2 is 2.19 bits per heavy atom. The first kappa shape index (κ1) is 15.1. The van der Waals surface area contributed by atoms with E-state index in [1.54, 1.807) is 17.4 Å². The van der Waals surface area contributed by atoms with E-state index < -0.39 is 0 Å². The molecule has 112 valence electrons. The summed E-state index contributed by atoms with van der Waals surface area (Å²) in [5, 5.41) is 4.45. The van der Waals surface area contributed by atoms with Crippen molar-refractivity contribution < 1.29 is 4.39 Å². The van der Waals surface area contributed by atoms with E-state index in [9.17, 15) is 4.39 Å². The molecule has 0 atom stereocenters. The van der Waals surface area contributed by atoms with Crippen molar-refractivity contribution in [3.63, 3.8) is 0 Å². The van der Waals surface area contributed by atoms with Gasteiger partial charge in [0.15, 0.2) is 0 Å². The van der Waals surface area contributed by atoms with Crippen molar-refractivity contribution in [3.05, 3.63) is 39.1 Å². The first-order chi connectivity index (χ1) is 10.0. The van der Waals surface area contributed by atoms with E-state index in [0.717, 1.165) is 21.6 Å².